The molecule has 0 aliphatic heterocycles. The lowest BCUT2D eigenvalue weighted by atomic mass is 9.78. The molecule has 112 valence electrons. The number of hydrogen-bond donors (Lipinski definition) is 1. The quantitative estimate of drug-likeness (QED) is 0.928. The van der Waals surface area contributed by atoms with E-state index in [-0.39, 0.29) is 17.7 Å². The van der Waals surface area contributed by atoms with Gasteiger partial charge in [-0.15, -0.1) is 0 Å². The lowest BCUT2D eigenvalue weighted by Gasteiger charge is -2.33. The van der Waals surface area contributed by atoms with Gasteiger partial charge in [-0.25, -0.2) is 13.2 Å². The predicted molar refractivity (Wildman–Crippen MR) is 73.2 cm³/mol. The van der Waals surface area contributed by atoms with E-state index in [1.54, 1.807) is 13.8 Å². The molecule has 0 spiro atoms. The third kappa shape index (κ3) is 2.78. The number of halogens is 3. The third-order valence-corrected chi connectivity index (χ3v) is 3.85. The zero-order valence-corrected chi connectivity index (χ0v) is 11.8. The standard InChI is InChI=1S/C16H16F3NO/c1-3-16(21,12-7-6-11(17)9-14(12)19)10(2)15-13(18)5-4-8-20-15/h4-10,21H,3H2,1-2H3/t10-,16+/m0/s1. The molecule has 2 rings (SSSR count). The molecule has 0 saturated carbocycles. The van der Waals surface area contributed by atoms with E-state index in [1.807, 2.05) is 0 Å². The molecule has 0 saturated heterocycles. The number of hydrogen-bond acceptors (Lipinski definition) is 2. The van der Waals surface area contributed by atoms with Gasteiger partial charge in [-0.2, -0.15) is 0 Å². The fraction of sp³-hybridized carbons (Fsp3) is 0.312. The van der Waals surface area contributed by atoms with Crippen LogP contribution in [0.2, 0.25) is 0 Å². The Morgan fingerprint density at radius 1 is 1.19 bits per heavy atom. The molecular formula is C16H16F3NO. The Balaban J connectivity index is 2.53. The number of benzene rings is 1. The smallest absolute Gasteiger partial charge is 0.145 e. The van der Waals surface area contributed by atoms with Crippen molar-refractivity contribution in [2.45, 2.75) is 31.8 Å². The largest absolute Gasteiger partial charge is 0.384 e. The van der Waals surface area contributed by atoms with Gasteiger partial charge in [-0.05, 0) is 24.6 Å². The maximum Gasteiger partial charge on any atom is 0.145 e. The lowest BCUT2D eigenvalue weighted by molar-refractivity contribution is 0.00279. The second kappa shape index (κ2) is 5.85. The molecule has 1 heterocycles. The number of aromatic nitrogens is 1. The molecule has 1 N–H and O–H groups in total. The fourth-order valence-corrected chi connectivity index (χ4v) is 2.51. The Labute approximate surface area is 121 Å². The van der Waals surface area contributed by atoms with E-state index in [0.717, 1.165) is 6.07 Å². The average molecular weight is 295 g/mol. The second-order valence-corrected chi connectivity index (χ2v) is 4.99. The van der Waals surface area contributed by atoms with Gasteiger partial charge in [-0.1, -0.05) is 19.9 Å². The van der Waals surface area contributed by atoms with Crippen LogP contribution in [-0.2, 0) is 5.60 Å². The van der Waals surface area contributed by atoms with E-state index >= 15 is 0 Å². The summed E-state index contributed by atoms with van der Waals surface area (Å²) in [5.74, 6) is -2.95. The maximum atomic E-state index is 14.0. The summed E-state index contributed by atoms with van der Waals surface area (Å²) in [6, 6.07) is 5.63. The summed E-state index contributed by atoms with van der Waals surface area (Å²) in [5.41, 5.74) is -1.69. The zero-order valence-electron chi connectivity index (χ0n) is 11.8. The van der Waals surface area contributed by atoms with Crippen molar-refractivity contribution >= 4 is 0 Å². The molecule has 0 amide bonds. The summed E-state index contributed by atoms with van der Waals surface area (Å²) in [6.45, 7) is 3.22. The zero-order chi connectivity index (χ0) is 15.6. The Bertz CT molecular complexity index is 647. The monoisotopic (exact) mass is 295 g/mol. The highest BCUT2D eigenvalue weighted by atomic mass is 19.1. The second-order valence-electron chi connectivity index (χ2n) is 4.99. The van der Waals surface area contributed by atoms with Crippen molar-refractivity contribution in [2.75, 3.05) is 0 Å². The molecule has 2 nitrogen and oxygen atoms in total. The number of aliphatic hydroxyl groups is 1. The lowest BCUT2D eigenvalue weighted by Crippen LogP contribution is -2.33. The molecule has 5 heteroatoms. The van der Waals surface area contributed by atoms with Gasteiger partial charge in [-0.3, -0.25) is 4.98 Å². The first-order chi connectivity index (χ1) is 9.90. The van der Waals surface area contributed by atoms with Gasteiger partial charge < -0.3 is 5.11 Å². The highest BCUT2D eigenvalue weighted by molar-refractivity contribution is 5.30. The minimum atomic E-state index is -1.67. The highest BCUT2D eigenvalue weighted by Crippen LogP contribution is 2.40. The van der Waals surface area contributed by atoms with Gasteiger partial charge in [0.15, 0.2) is 0 Å². The van der Waals surface area contributed by atoms with E-state index < -0.39 is 29.0 Å². The number of nitrogens with zero attached hydrogens (tertiary/aromatic N) is 1. The molecule has 21 heavy (non-hydrogen) atoms. The molecular weight excluding hydrogens is 279 g/mol. The predicted octanol–water partition coefficient (Wildman–Crippen LogP) is 3.90. The summed E-state index contributed by atoms with van der Waals surface area (Å²) in [4.78, 5) is 3.93. The van der Waals surface area contributed by atoms with Crippen molar-refractivity contribution in [3.63, 3.8) is 0 Å². The SMILES string of the molecule is CC[C@](O)(c1ccc(F)cc1F)[C@@H](C)c1ncccc1F. The van der Waals surface area contributed by atoms with Crippen LogP contribution in [0.15, 0.2) is 36.5 Å². The molecule has 0 aliphatic rings. The topological polar surface area (TPSA) is 33.1 Å². The normalized spacial score (nSPS) is 15.5. The summed E-state index contributed by atoms with van der Waals surface area (Å²) >= 11 is 0. The molecule has 0 bridgehead atoms. The van der Waals surface area contributed by atoms with Crippen LogP contribution in [0.1, 0.15) is 37.4 Å². The van der Waals surface area contributed by atoms with Crippen molar-refractivity contribution in [1.29, 1.82) is 0 Å². The van der Waals surface area contributed by atoms with Crippen molar-refractivity contribution in [3.8, 4) is 0 Å². The molecule has 0 fully saturated rings. The summed E-state index contributed by atoms with van der Waals surface area (Å²) < 4.78 is 40.9. The van der Waals surface area contributed by atoms with Gasteiger partial charge in [0.1, 0.15) is 23.1 Å². The number of pyridine rings is 1. The van der Waals surface area contributed by atoms with Crippen LogP contribution in [-0.4, -0.2) is 10.1 Å². The van der Waals surface area contributed by atoms with Crippen LogP contribution in [0.25, 0.3) is 0 Å². The molecule has 0 radical (unpaired) electrons. The van der Waals surface area contributed by atoms with Gasteiger partial charge >= 0.3 is 0 Å². The van der Waals surface area contributed by atoms with Crippen LogP contribution in [0.5, 0.6) is 0 Å². The summed E-state index contributed by atoms with van der Waals surface area (Å²) in [7, 11) is 0. The third-order valence-electron chi connectivity index (χ3n) is 3.85. The summed E-state index contributed by atoms with van der Waals surface area (Å²) in [5, 5.41) is 10.8. The molecule has 1 aromatic heterocycles. The molecule has 2 atom stereocenters. The average Bonchev–Trinajstić information content (AvgIpc) is 2.46. The minimum absolute atomic E-state index is 0.0468. The van der Waals surface area contributed by atoms with Crippen LogP contribution in [0.3, 0.4) is 0 Å². The van der Waals surface area contributed by atoms with Gasteiger partial charge in [0.2, 0.25) is 0 Å². The van der Waals surface area contributed by atoms with E-state index in [4.69, 9.17) is 0 Å². The number of rotatable bonds is 4. The van der Waals surface area contributed by atoms with Crippen molar-refractivity contribution in [3.05, 3.63) is 65.2 Å². The fourth-order valence-electron chi connectivity index (χ4n) is 2.51. The van der Waals surface area contributed by atoms with Crippen molar-refractivity contribution in [2.24, 2.45) is 0 Å². The minimum Gasteiger partial charge on any atom is -0.384 e. The van der Waals surface area contributed by atoms with Crippen LogP contribution >= 0.6 is 0 Å². The maximum absolute atomic E-state index is 14.0. The molecule has 1 aromatic carbocycles. The Hall–Kier alpha value is -1.88. The molecule has 0 aliphatic carbocycles. The van der Waals surface area contributed by atoms with Crippen LogP contribution < -0.4 is 0 Å². The Morgan fingerprint density at radius 2 is 1.90 bits per heavy atom. The van der Waals surface area contributed by atoms with Crippen molar-refractivity contribution in [1.82, 2.24) is 4.98 Å². The van der Waals surface area contributed by atoms with Crippen LogP contribution in [0, 0.1) is 17.5 Å². The van der Waals surface area contributed by atoms with E-state index in [9.17, 15) is 18.3 Å². The summed E-state index contributed by atoms with van der Waals surface area (Å²) in [6.07, 6.45) is 1.54. The van der Waals surface area contributed by atoms with Gasteiger partial charge in [0, 0.05) is 23.7 Å². The first-order valence-electron chi connectivity index (χ1n) is 6.68. The highest BCUT2D eigenvalue weighted by Gasteiger charge is 2.39. The molecule has 2 aromatic rings. The van der Waals surface area contributed by atoms with Crippen LogP contribution in [0.4, 0.5) is 13.2 Å². The van der Waals surface area contributed by atoms with Crippen molar-refractivity contribution < 1.29 is 18.3 Å². The van der Waals surface area contributed by atoms with E-state index in [1.165, 1.54) is 24.4 Å². The Morgan fingerprint density at radius 3 is 2.48 bits per heavy atom. The molecule has 0 unspecified atom stereocenters. The van der Waals surface area contributed by atoms with Gasteiger partial charge in [0.05, 0.1) is 5.69 Å². The van der Waals surface area contributed by atoms with E-state index in [2.05, 4.69) is 4.98 Å². The Kier molecular flexibility index (Phi) is 4.32. The first kappa shape index (κ1) is 15.5. The first-order valence-corrected chi connectivity index (χ1v) is 6.68. The van der Waals surface area contributed by atoms with E-state index in [0.29, 0.717) is 6.07 Å². The van der Waals surface area contributed by atoms with Gasteiger partial charge in [0.25, 0.3) is 0 Å².